The Morgan fingerprint density at radius 1 is 1.61 bits per heavy atom. The number of anilines is 1. The molecule has 0 spiro atoms. The third kappa shape index (κ3) is 4.80. The van der Waals surface area contributed by atoms with Crippen LogP contribution in [0.1, 0.15) is 6.42 Å². The maximum atomic E-state index is 10.8. The van der Waals surface area contributed by atoms with Crippen molar-refractivity contribution >= 4 is 27.4 Å². The molecule has 0 unspecified atom stereocenters. The van der Waals surface area contributed by atoms with Crippen LogP contribution in [0, 0.1) is 10.1 Å². The smallest absolute Gasteiger partial charge is 0.312 e. The van der Waals surface area contributed by atoms with Crippen LogP contribution in [0.3, 0.4) is 0 Å². The first-order chi connectivity index (χ1) is 8.65. The van der Waals surface area contributed by atoms with Crippen LogP contribution >= 0.6 is 15.9 Å². The highest BCUT2D eigenvalue weighted by atomic mass is 79.9. The van der Waals surface area contributed by atoms with Gasteiger partial charge in [0, 0.05) is 23.3 Å². The summed E-state index contributed by atoms with van der Waals surface area (Å²) in [5.74, 6) is 0.246. The standard InChI is InChI=1S/C11H14BrN3O3/c1-2-3-5-18-6-4-13-11-10(15(16)17)7-9(12)8-14-11/h2,7-8H,1,3-6H2,(H,13,14). The Hall–Kier alpha value is -1.47. The number of hydrogen-bond acceptors (Lipinski definition) is 5. The third-order valence-corrected chi connectivity index (χ3v) is 2.47. The highest BCUT2D eigenvalue weighted by Gasteiger charge is 2.15. The molecule has 0 saturated heterocycles. The minimum absolute atomic E-state index is 0.0598. The van der Waals surface area contributed by atoms with Gasteiger partial charge in [0.2, 0.25) is 5.82 Å². The quantitative estimate of drug-likeness (QED) is 0.345. The van der Waals surface area contributed by atoms with E-state index < -0.39 is 4.92 Å². The van der Waals surface area contributed by atoms with E-state index in [-0.39, 0.29) is 11.5 Å². The SMILES string of the molecule is C=CCCOCCNc1ncc(Br)cc1[N+](=O)[O-]. The third-order valence-electron chi connectivity index (χ3n) is 2.04. The topological polar surface area (TPSA) is 77.3 Å². The number of aromatic nitrogens is 1. The molecule has 0 atom stereocenters. The van der Waals surface area contributed by atoms with Gasteiger partial charge in [-0.2, -0.15) is 0 Å². The van der Waals surface area contributed by atoms with Gasteiger partial charge in [0.15, 0.2) is 0 Å². The van der Waals surface area contributed by atoms with E-state index in [1.807, 2.05) is 0 Å². The van der Waals surface area contributed by atoms with E-state index in [1.54, 1.807) is 6.08 Å². The molecule has 0 bridgehead atoms. The zero-order valence-corrected chi connectivity index (χ0v) is 11.4. The van der Waals surface area contributed by atoms with Crippen LogP contribution in [-0.2, 0) is 4.74 Å². The monoisotopic (exact) mass is 315 g/mol. The van der Waals surface area contributed by atoms with Gasteiger partial charge >= 0.3 is 5.69 Å². The Labute approximate surface area is 113 Å². The number of nitro groups is 1. The summed E-state index contributed by atoms with van der Waals surface area (Å²) in [5, 5.41) is 13.7. The fourth-order valence-corrected chi connectivity index (χ4v) is 1.53. The summed E-state index contributed by atoms with van der Waals surface area (Å²) in [5.41, 5.74) is -0.0598. The van der Waals surface area contributed by atoms with Gasteiger partial charge in [0.25, 0.3) is 0 Å². The van der Waals surface area contributed by atoms with Crippen LogP contribution < -0.4 is 5.32 Å². The first-order valence-electron chi connectivity index (χ1n) is 5.37. The van der Waals surface area contributed by atoms with Crippen molar-refractivity contribution in [2.75, 3.05) is 25.1 Å². The van der Waals surface area contributed by atoms with Crippen molar-refractivity contribution in [2.24, 2.45) is 0 Å². The summed E-state index contributed by atoms with van der Waals surface area (Å²) in [4.78, 5) is 14.3. The lowest BCUT2D eigenvalue weighted by Gasteiger charge is -2.06. The van der Waals surface area contributed by atoms with E-state index >= 15 is 0 Å². The molecule has 98 valence electrons. The Morgan fingerprint density at radius 3 is 3.06 bits per heavy atom. The summed E-state index contributed by atoms with van der Waals surface area (Å²) in [6, 6.07) is 1.41. The highest BCUT2D eigenvalue weighted by Crippen LogP contribution is 2.24. The molecular weight excluding hydrogens is 302 g/mol. The molecule has 1 aromatic heterocycles. The predicted molar refractivity (Wildman–Crippen MR) is 72.7 cm³/mol. The molecule has 0 aliphatic carbocycles. The Kier molecular flexibility index (Phi) is 6.31. The number of ether oxygens (including phenoxy) is 1. The van der Waals surface area contributed by atoms with Crippen molar-refractivity contribution in [2.45, 2.75) is 6.42 Å². The van der Waals surface area contributed by atoms with E-state index in [4.69, 9.17) is 4.74 Å². The number of pyridine rings is 1. The molecule has 6 nitrogen and oxygen atoms in total. The summed E-state index contributed by atoms with van der Waals surface area (Å²) in [6.07, 6.45) is 4.07. The van der Waals surface area contributed by atoms with Gasteiger partial charge in [-0.3, -0.25) is 10.1 Å². The van der Waals surface area contributed by atoms with Crippen molar-refractivity contribution in [3.8, 4) is 0 Å². The van der Waals surface area contributed by atoms with E-state index in [0.29, 0.717) is 24.2 Å². The lowest BCUT2D eigenvalue weighted by molar-refractivity contribution is -0.384. The minimum Gasteiger partial charge on any atom is -0.379 e. The molecule has 7 heteroatoms. The second-order valence-corrected chi connectivity index (χ2v) is 4.31. The molecule has 0 aliphatic heterocycles. The van der Waals surface area contributed by atoms with Crippen LogP contribution in [0.2, 0.25) is 0 Å². The first-order valence-corrected chi connectivity index (χ1v) is 6.17. The van der Waals surface area contributed by atoms with E-state index in [0.717, 1.165) is 6.42 Å². The van der Waals surface area contributed by atoms with Crippen molar-refractivity contribution in [3.05, 3.63) is 39.5 Å². The van der Waals surface area contributed by atoms with Crippen LogP contribution in [0.5, 0.6) is 0 Å². The lowest BCUT2D eigenvalue weighted by Crippen LogP contribution is -2.12. The van der Waals surface area contributed by atoms with E-state index in [1.165, 1.54) is 12.3 Å². The van der Waals surface area contributed by atoms with Gasteiger partial charge in [-0.25, -0.2) is 4.98 Å². The van der Waals surface area contributed by atoms with Gasteiger partial charge in [-0.15, -0.1) is 6.58 Å². The van der Waals surface area contributed by atoms with Gasteiger partial charge in [0.1, 0.15) is 0 Å². The molecule has 0 amide bonds. The molecule has 0 radical (unpaired) electrons. The molecule has 0 fully saturated rings. The van der Waals surface area contributed by atoms with Crippen LogP contribution in [0.25, 0.3) is 0 Å². The molecule has 1 rings (SSSR count). The van der Waals surface area contributed by atoms with Crippen molar-refractivity contribution in [1.82, 2.24) is 4.98 Å². The van der Waals surface area contributed by atoms with Gasteiger partial charge in [0.05, 0.1) is 18.1 Å². The molecule has 0 aliphatic rings. The van der Waals surface area contributed by atoms with Crippen LogP contribution in [0.15, 0.2) is 29.4 Å². The maximum absolute atomic E-state index is 10.8. The van der Waals surface area contributed by atoms with Crippen molar-refractivity contribution in [3.63, 3.8) is 0 Å². The number of hydrogen-bond donors (Lipinski definition) is 1. The molecule has 1 aromatic rings. The number of nitrogens with one attached hydrogen (secondary N) is 1. The fraction of sp³-hybridized carbons (Fsp3) is 0.364. The average molecular weight is 316 g/mol. The first kappa shape index (κ1) is 14.6. The largest absolute Gasteiger partial charge is 0.379 e. The Bertz CT molecular complexity index is 426. The number of rotatable bonds is 8. The zero-order chi connectivity index (χ0) is 13.4. The van der Waals surface area contributed by atoms with Crippen molar-refractivity contribution in [1.29, 1.82) is 0 Å². The Balaban J connectivity index is 2.46. The number of halogens is 1. The van der Waals surface area contributed by atoms with Crippen LogP contribution in [-0.4, -0.2) is 29.7 Å². The van der Waals surface area contributed by atoms with E-state index in [9.17, 15) is 10.1 Å². The highest BCUT2D eigenvalue weighted by molar-refractivity contribution is 9.10. The number of nitrogens with zero attached hydrogens (tertiary/aromatic N) is 2. The molecule has 1 N–H and O–H groups in total. The molecule has 0 saturated carbocycles. The fourth-order valence-electron chi connectivity index (χ4n) is 1.21. The summed E-state index contributed by atoms with van der Waals surface area (Å²) in [7, 11) is 0. The Morgan fingerprint density at radius 2 is 2.39 bits per heavy atom. The van der Waals surface area contributed by atoms with Gasteiger partial charge in [-0.05, 0) is 22.4 Å². The molecule has 18 heavy (non-hydrogen) atoms. The van der Waals surface area contributed by atoms with Crippen LogP contribution in [0.4, 0.5) is 11.5 Å². The van der Waals surface area contributed by atoms with Gasteiger partial charge in [-0.1, -0.05) is 6.08 Å². The van der Waals surface area contributed by atoms with Crippen molar-refractivity contribution < 1.29 is 9.66 Å². The normalized spacial score (nSPS) is 10.1. The molecule has 1 heterocycles. The molecule has 0 aromatic carbocycles. The van der Waals surface area contributed by atoms with Gasteiger partial charge < -0.3 is 10.1 Å². The second kappa shape index (κ2) is 7.78. The summed E-state index contributed by atoms with van der Waals surface area (Å²) < 4.78 is 5.85. The lowest BCUT2D eigenvalue weighted by atomic mass is 10.4. The predicted octanol–water partition coefficient (Wildman–Crippen LogP) is 2.76. The average Bonchev–Trinajstić information content (AvgIpc) is 2.35. The van der Waals surface area contributed by atoms with E-state index in [2.05, 4.69) is 32.8 Å². The second-order valence-electron chi connectivity index (χ2n) is 3.39. The minimum atomic E-state index is -0.474. The summed E-state index contributed by atoms with van der Waals surface area (Å²) >= 11 is 3.15. The molecular formula is C11H14BrN3O3. The zero-order valence-electron chi connectivity index (χ0n) is 9.76. The maximum Gasteiger partial charge on any atom is 0.312 e. The summed E-state index contributed by atoms with van der Waals surface area (Å²) in [6.45, 7) is 5.10.